The Morgan fingerprint density at radius 1 is 0.929 bits per heavy atom. The van der Waals surface area contributed by atoms with Gasteiger partial charge in [0.1, 0.15) is 0 Å². The first-order chi connectivity index (χ1) is 13.8. The predicted molar refractivity (Wildman–Crippen MR) is 122 cm³/mol. The third-order valence-electron chi connectivity index (χ3n) is 5.36. The maximum atomic E-state index is 6.04. The third-order valence-corrected chi connectivity index (χ3v) is 8.15. The Labute approximate surface area is 183 Å². The number of nitrogens with zero attached hydrogens (tertiary/aromatic N) is 1. The molecule has 2 aromatic carbocycles. The molecule has 0 amide bonds. The van der Waals surface area contributed by atoms with Gasteiger partial charge in [-0.2, -0.15) is 0 Å². The van der Waals surface area contributed by atoms with E-state index in [0.717, 1.165) is 17.6 Å². The van der Waals surface area contributed by atoms with E-state index in [0.29, 0.717) is 6.61 Å². The van der Waals surface area contributed by atoms with Gasteiger partial charge in [0.15, 0.2) is 0 Å². The van der Waals surface area contributed by atoms with Crippen LogP contribution in [0, 0.1) is 0 Å². The van der Waals surface area contributed by atoms with E-state index >= 15 is 0 Å². The summed E-state index contributed by atoms with van der Waals surface area (Å²) in [5.74, 6) is 0. The standard InChI is InChI=1S/C23H22BrNOS2/c24-16-7-8-22-20(13-16)23-19(18-5-1-2-6-21(18)28-22)14-17(27-23)15-26-12-11-25-9-3-4-10-25/h1-2,5-8,13-14H,3-4,9-12,15H2. The van der Waals surface area contributed by atoms with Gasteiger partial charge in [0, 0.05) is 41.7 Å². The fourth-order valence-electron chi connectivity index (χ4n) is 3.95. The maximum Gasteiger partial charge on any atom is 0.0810 e. The van der Waals surface area contributed by atoms with Crippen LogP contribution in [-0.2, 0) is 11.3 Å². The molecule has 3 aromatic rings. The van der Waals surface area contributed by atoms with E-state index in [-0.39, 0.29) is 0 Å². The van der Waals surface area contributed by atoms with E-state index < -0.39 is 0 Å². The Bertz CT molecular complexity index is 994. The molecular formula is C23H22BrNOS2. The Morgan fingerprint density at radius 3 is 2.64 bits per heavy atom. The summed E-state index contributed by atoms with van der Waals surface area (Å²) in [4.78, 5) is 7.80. The van der Waals surface area contributed by atoms with Crippen molar-refractivity contribution in [2.45, 2.75) is 29.2 Å². The number of rotatable bonds is 5. The van der Waals surface area contributed by atoms with Crippen molar-refractivity contribution in [3.05, 3.63) is 57.9 Å². The molecule has 0 unspecified atom stereocenters. The smallest absolute Gasteiger partial charge is 0.0810 e. The van der Waals surface area contributed by atoms with Crippen molar-refractivity contribution in [2.24, 2.45) is 0 Å². The van der Waals surface area contributed by atoms with Gasteiger partial charge in [0.05, 0.1) is 13.2 Å². The van der Waals surface area contributed by atoms with Crippen molar-refractivity contribution < 1.29 is 4.74 Å². The minimum Gasteiger partial charge on any atom is -0.375 e. The van der Waals surface area contributed by atoms with Gasteiger partial charge >= 0.3 is 0 Å². The second kappa shape index (κ2) is 8.33. The second-order valence-corrected chi connectivity index (χ2v) is 10.4. The molecule has 0 radical (unpaired) electrons. The van der Waals surface area contributed by atoms with E-state index in [2.05, 4.69) is 69.4 Å². The number of halogens is 1. The molecule has 5 heteroatoms. The van der Waals surface area contributed by atoms with Crippen molar-refractivity contribution in [3.63, 3.8) is 0 Å². The highest BCUT2D eigenvalue weighted by atomic mass is 79.9. The van der Waals surface area contributed by atoms with Crippen molar-refractivity contribution in [2.75, 3.05) is 26.2 Å². The predicted octanol–water partition coefficient (Wildman–Crippen LogP) is 6.92. The molecule has 0 aliphatic carbocycles. The first kappa shape index (κ1) is 18.9. The van der Waals surface area contributed by atoms with Crippen molar-refractivity contribution in [1.29, 1.82) is 0 Å². The minimum atomic E-state index is 0.699. The van der Waals surface area contributed by atoms with E-state index in [9.17, 15) is 0 Å². The molecule has 3 heterocycles. The van der Waals surface area contributed by atoms with Gasteiger partial charge in [-0.05, 0) is 61.8 Å². The molecule has 1 saturated heterocycles. The summed E-state index contributed by atoms with van der Waals surface area (Å²) >= 11 is 7.40. The molecule has 0 spiro atoms. The highest BCUT2D eigenvalue weighted by Gasteiger charge is 2.22. The van der Waals surface area contributed by atoms with E-state index in [4.69, 9.17) is 4.74 Å². The lowest BCUT2D eigenvalue weighted by Gasteiger charge is -2.13. The van der Waals surface area contributed by atoms with Gasteiger partial charge in [-0.15, -0.1) is 11.3 Å². The van der Waals surface area contributed by atoms with E-state index in [1.54, 1.807) is 0 Å². The summed E-state index contributed by atoms with van der Waals surface area (Å²) in [5.41, 5.74) is 3.98. The molecule has 5 rings (SSSR count). The number of fused-ring (bicyclic) bond motifs is 5. The zero-order chi connectivity index (χ0) is 18.9. The molecule has 2 aliphatic rings. The third kappa shape index (κ3) is 3.83. The Hall–Kier alpha value is -1.11. The molecule has 144 valence electrons. The van der Waals surface area contributed by atoms with Crippen LogP contribution in [0.2, 0.25) is 0 Å². The molecule has 0 saturated carbocycles. The average molecular weight is 472 g/mol. The first-order valence-electron chi connectivity index (χ1n) is 9.78. The molecule has 1 fully saturated rings. The molecule has 0 N–H and O–H groups in total. The summed E-state index contributed by atoms with van der Waals surface area (Å²) in [7, 11) is 0. The lowest BCUT2D eigenvalue weighted by atomic mass is 10.0. The van der Waals surface area contributed by atoms with Gasteiger partial charge in [0.25, 0.3) is 0 Å². The Kier molecular flexibility index (Phi) is 5.62. The fourth-order valence-corrected chi connectivity index (χ4v) is 6.59. The number of ether oxygens (including phenoxy) is 1. The molecule has 1 aromatic heterocycles. The van der Waals surface area contributed by atoms with Gasteiger partial charge in [-0.3, -0.25) is 0 Å². The molecule has 0 bridgehead atoms. The molecule has 2 nitrogen and oxygen atoms in total. The second-order valence-electron chi connectivity index (χ2n) is 7.30. The lowest BCUT2D eigenvalue weighted by molar-refractivity contribution is 0.101. The number of hydrogen-bond donors (Lipinski definition) is 0. The van der Waals surface area contributed by atoms with Crippen molar-refractivity contribution >= 4 is 39.0 Å². The van der Waals surface area contributed by atoms with Crippen LogP contribution >= 0.6 is 39.0 Å². The quantitative estimate of drug-likeness (QED) is 0.293. The largest absolute Gasteiger partial charge is 0.375 e. The summed E-state index contributed by atoms with van der Waals surface area (Å²) < 4.78 is 7.17. The average Bonchev–Trinajstić information content (AvgIpc) is 3.35. The van der Waals surface area contributed by atoms with Gasteiger partial charge < -0.3 is 9.64 Å². The molecule has 0 atom stereocenters. The lowest BCUT2D eigenvalue weighted by Crippen LogP contribution is -2.23. The van der Waals surface area contributed by atoms with Crippen LogP contribution < -0.4 is 0 Å². The minimum absolute atomic E-state index is 0.699. The number of thiophene rings is 1. The maximum absolute atomic E-state index is 6.04. The van der Waals surface area contributed by atoms with E-state index in [1.807, 2.05) is 23.1 Å². The van der Waals surface area contributed by atoms with Gasteiger partial charge in [0.2, 0.25) is 0 Å². The zero-order valence-corrected chi connectivity index (χ0v) is 18.8. The summed E-state index contributed by atoms with van der Waals surface area (Å²) in [6.07, 6.45) is 2.67. The van der Waals surface area contributed by atoms with Crippen LogP contribution in [0.1, 0.15) is 17.7 Å². The topological polar surface area (TPSA) is 12.5 Å². The molecular weight excluding hydrogens is 450 g/mol. The van der Waals surface area contributed by atoms with Crippen LogP contribution in [-0.4, -0.2) is 31.1 Å². The fraction of sp³-hybridized carbons (Fsp3) is 0.304. The van der Waals surface area contributed by atoms with Crippen molar-refractivity contribution in [1.82, 2.24) is 4.90 Å². The number of benzene rings is 2. The molecule has 28 heavy (non-hydrogen) atoms. The van der Waals surface area contributed by atoms with Gasteiger partial charge in [-0.25, -0.2) is 0 Å². The van der Waals surface area contributed by atoms with Crippen LogP contribution in [0.4, 0.5) is 0 Å². The summed E-state index contributed by atoms with van der Waals surface area (Å²) in [6.45, 7) is 5.04. The van der Waals surface area contributed by atoms with Crippen LogP contribution in [0.3, 0.4) is 0 Å². The molecule has 2 aliphatic heterocycles. The van der Waals surface area contributed by atoms with Crippen molar-refractivity contribution in [3.8, 4) is 21.6 Å². The summed E-state index contributed by atoms with van der Waals surface area (Å²) in [6, 6.07) is 17.7. The zero-order valence-electron chi connectivity index (χ0n) is 15.6. The van der Waals surface area contributed by atoms with Crippen LogP contribution in [0.25, 0.3) is 21.6 Å². The first-order valence-corrected chi connectivity index (χ1v) is 12.2. The SMILES string of the molecule is Brc1ccc2c(c1)-c1sc(COCCN3CCCC3)cc1-c1ccccc1S2. The monoisotopic (exact) mass is 471 g/mol. The van der Waals surface area contributed by atoms with E-state index in [1.165, 1.54) is 62.2 Å². The summed E-state index contributed by atoms with van der Waals surface area (Å²) in [5, 5.41) is 0. The van der Waals surface area contributed by atoms with Crippen LogP contribution in [0.5, 0.6) is 0 Å². The van der Waals surface area contributed by atoms with Crippen LogP contribution in [0.15, 0.2) is 62.8 Å². The van der Waals surface area contributed by atoms with Gasteiger partial charge in [-0.1, -0.05) is 45.9 Å². The normalized spacial score (nSPS) is 15.8. The number of likely N-dealkylation sites (tertiary alicyclic amines) is 1. The highest BCUT2D eigenvalue weighted by molar-refractivity contribution is 9.10. The Morgan fingerprint density at radius 2 is 1.75 bits per heavy atom. The Balaban J connectivity index is 1.43. The highest BCUT2D eigenvalue weighted by Crippen LogP contribution is 2.51. The number of hydrogen-bond acceptors (Lipinski definition) is 4.